The van der Waals surface area contributed by atoms with E-state index in [0.29, 0.717) is 5.56 Å². The number of carbonyl (C=O) groups is 2. The zero-order valence-corrected chi connectivity index (χ0v) is 16.7. The highest BCUT2D eigenvalue weighted by Gasteiger charge is 2.34. The number of hydrogen-bond donors (Lipinski definition) is 2. The molecule has 1 heterocycles. The van der Waals surface area contributed by atoms with E-state index >= 15 is 0 Å². The molecule has 0 spiro atoms. The van der Waals surface area contributed by atoms with Crippen LogP contribution in [0.25, 0.3) is 6.08 Å². The molecule has 156 valence electrons. The highest BCUT2D eigenvalue weighted by Crippen LogP contribution is 2.27. The van der Waals surface area contributed by atoms with Gasteiger partial charge in [0.1, 0.15) is 5.57 Å². The fourth-order valence-corrected chi connectivity index (χ4v) is 3.13. The lowest BCUT2D eigenvalue weighted by Gasteiger charge is -2.12. The summed E-state index contributed by atoms with van der Waals surface area (Å²) in [7, 11) is -0.642. The van der Waals surface area contributed by atoms with E-state index in [0.717, 1.165) is 22.8 Å². The predicted octanol–water partition coefficient (Wildman–Crippen LogP) is 2.44. The Morgan fingerprint density at radius 1 is 1.10 bits per heavy atom. The van der Waals surface area contributed by atoms with Crippen LogP contribution in [0.5, 0.6) is 0 Å². The smallest absolute Gasteiger partial charge is 0.449 e. The molecule has 1 amide bonds. The summed E-state index contributed by atoms with van der Waals surface area (Å²) in [5, 5.41) is 13.7. The minimum absolute atomic E-state index is 0.0890. The third kappa shape index (κ3) is 4.47. The number of benzene rings is 2. The Hall–Kier alpha value is -3.70. The van der Waals surface area contributed by atoms with Gasteiger partial charge in [0, 0.05) is 19.8 Å². The number of hydrogen-bond acceptors (Lipinski definition) is 7. The second-order valence-corrected chi connectivity index (χ2v) is 7.82. The fourth-order valence-electron chi connectivity index (χ4n) is 2.65. The minimum atomic E-state index is -4.40. The molecular weight excluding hydrogens is 414 g/mol. The van der Waals surface area contributed by atoms with Crippen molar-refractivity contribution in [1.82, 2.24) is 0 Å². The molecule has 1 aliphatic rings. The SMILES string of the molecule is CN(C)c1ccc(C=C2C(=O)N(c3ccc(S(=O)(=O)O)cc3)N=C2OC(=O)O)cc1. The summed E-state index contributed by atoms with van der Waals surface area (Å²) in [5.74, 6) is -1.08. The van der Waals surface area contributed by atoms with E-state index in [1.54, 1.807) is 12.1 Å². The van der Waals surface area contributed by atoms with Gasteiger partial charge < -0.3 is 14.7 Å². The third-order valence-electron chi connectivity index (χ3n) is 4.13. The summed E-state index contributed by atoms with van der Waals surface area (Å²) in [6.45, 7) is 0. The maximum atomic E-state index is 12.9. The number of rotatable bonds is 4. The van der Waals surface area contributed by atoms with Gasteiger partial charge in [-0.1, -0.05) is 12.1 Å². The van der Waals surface area contributed by atoms with Crippen molar-refractivity contribution in [3.63, 3.8) is 0 Å². The maximum Gasteiger partial charge on any atom is 0.512 e. The molecule has 0 fully saturated rings. The minimum Gasteiger partial charge on any atom is -0.449 e. The topological polar surface area (TPSA) is 137 Å². The van der Waals surface area contributed by atoms with E-state index in [2.05, 4.69) is 9.84 Å². The standard InChI is InChI=1S/C19H17N3O7S/c1-21(2)13-5-3-12(4-6-13)11-16-17(29-19(24)25)20-22(18(16)23)14-7-9-15(10-8-14)30(26,27)28/h3-11H,1-2H3,(H,24,25)(H,26,27,28). The van der Waals surface area contributed by atoms with E-state index in [1.165, 1.54) is 18.2 Å². The van der Waals surface area contributed by atoms with Gasteiger partial charge >= 0.3 is 6.16 Å². The van der Waals surface area contributed by atoms with Crippen LogP contribution in [0.4, 0.5) is 16.2 Å². The van der Waals surface area contributed by atoms with Crippen LogP contribution in [0.1, 0.15) is 5.56 Å². The summed E-state index contributed by atoms with van der Waals surface area (Å²) in [4.78, 5) is 25.4. The summed E-state index contributed by atoms with van der Waals surface area (Å²) >= 11 is 0. The Balaban J connectivity index is 1.97. The van der Waals surface area contributed by atoms with Crippen LogP contribution in [-0.4, -0.2) is 50.1 Å². The monoisotopic (exact) mass is 431 g/mol. The lowest BCUT2D eigenvalue weighted by molar-refractivity contribution is -0.114. The highest BCUT2D eigenvalue weighted by atomic mass is 32.2. The summed E-state index contributed by atoms with van der Waals surface area (Å²) in [6.07, 6.45) is -0.199. The van der Waals surface area contributed by atoms with E-state index in [4.69, 9.17) is 9.66 Å². The Labute approximate surface area is 172 Å². The first-order chi connectivity index (χ1) is 14.1. The molecule has 0 saturated heterocycles. The van der Waals surface area contributed by atoms with Crippen molar-refractivity contribution in [2.75, 3.05) is 24.0 Å². The molecule has 2 aromatic carbocycles. The molecule has 3 rings (SSSR count). The van der Waals surface area contributed by atoms with Crippen LogP contribution in [0.3, 0.4) is 0 Å². The Morgan fingerprint density at radius 3 is 2.20 bits per heavy atom. The fraction of sp³-hybridized carbons (Fsp3) is 0.105. The van der Waals surface area contributed by atoms with Gasteiger partial charge in [0.2, 0.25) is 0 Å². The molecule has 2 aromatic rings. The number of nitrogens with zero attached hydrogens (tertiary/aromatic N) is 3. The highest BCUT2D eigenvalue weighted by molar-refractivity contribution is 7.85. The number of amides is 1. The first-order valence-electron chi connectivity index (χ1n) is 8.47. The molecule has 0 bridgehead atoms. The van der Waals surface area contributed by atoms with E-state index in [1.807, 2.05) is 31.1 Å². The lowest BCUT2D eigenvalue weighted by atomic mass is 10.1. The van der Waals surface area contributed by atoms with Crippen LogP contribution in [-0.2, 0) is 19.6 Å². The van der Waals surface area contributed by atoms with E-state index in [-0.39, 0.29) is 16.2 Å². The van der Waals surface area contributed by atoms with Crippen molar-refractivity contribution in [2.24, 2.45) is 5.10 Å². The summed E-state index contributed by atoms with van der Waals surface area (Å²) < 4.78 is 36.1. The number of carbonyl (C=O) groups excluding carboxylic acids is 1. The number of anilines is 2. The molecule has 1 aliphatic heterocycles. The van der Waals surface area contributed by atoms with Crippen molar-refractivity contribution in [2.45, 2.75) is 4.90 Å². The van der Waals surface area contributed by atoms with Crippen LogP contribution in [0, 0.1) is 0 Å². The van der Waals surface area contributed by atoms with Gasteiger partial charge in [-0.2, -0.15) is 13.4 Å². The van der Waals surface area contributed by atoms with Crippen LogP contribution < -0.4 is 9.91 Å². The van der Waals surface area contributed by atoms with Gasteiger partial charge in [0.05, 0.1) is 10.6 Å². The second-order valence-electron chi connectivity index (χ2n) is 6.40. The summed E-state index contributed by atoms with van der Waals surface area (Å²) in [6, 6.07) is 11.8. The van der Waals surface area contributed by atoms with Crippen molar-refractivity contribution in [3.05, 3.63) is 59.7 Å². The molecule has 0 saturated carbocycles. The van der Waals surface area contributed by atoms with Gasteiger partial charge in [-0.3, -0.25) is 9.35 Å². The van der Waals surface area contributed by atoms with Crippen molar-refractivity contribution in [3.8, 4) is 0 Å². The zero-order valence-electron chi connectivity index (χ0n) is 15.9. The molecule has 0 aromatic heterocycles. The van der Waals surface area contributed by atoms with Crippen LogP contribution >= 0.6 is 0 Å². The maximum absolute atomic E-state index is 12.9. The van der Waals surface area contributed by atoms with Gasteiger partial charge in [-0.25, -0.2) is 4.79 Å². The zero-order chi connectivity index (χ0) is 22.1. The second kappa shape index (κ2) is 7.97. The molecule has 2 N–H and O–H groups in total. The summed E-state index contributed by atoms with van der Waals surface area (Å²) in [5.41, 5.74) is 1.62. The molecule has 0 aliphatic carbocycles. The molecule has 0 unspecified atom stereocenters. The van der Waals surface area contributed by atoms with E-state index in [9.17, 15) is 18.0 Å². The van der Waals surface area contributed by atoms with Crippen molar-refractivity contribution >= 4 is 45.5 Å². The first-order valence-corrected chi connectivity index (χ1v) is 9.91. The molecule has 11 heteroatoms. The molecular formula is C19H17N3O7S. The van der Waals surface area contributed by atoms with Gasteiger partial charge in [0.15, 0.2) is 0 Å². The lowest BCUT2D eigenvalue weighted by Crippen LogP contribution is -2.21. The quantitative estimate of drug-likeness (QED) is 0.428. The Morgan fingerprint density at radius 2 is 1.70 bits per heavy atom. The van der Waals surface area contributed by atoms with Gasteiger partial charge in [0.25, 0.3) is 21.9 Å². The Kier molecular flexibility index (Phi) is 5.58. The Bertz CT molecular complexity index is 1150. The normalized spacial score (nSPS) is 15.3. The number of hydrazone groups is 1. The van der Waals surface area contributed by atoms with E-state index < -0.39 is 28.1 Å². The third-order valence-corrected chi connectivity index (χ3v) is 5.00. The van der Waals surface area contributed by atoms with Crippen LogP contribution in [0.2, 0.25) is 0 Å². The van der Waals surface area contributed by atoms with Crippen molar-refractivity contribution < 1.29 is 32.4 Å². The molecule has 0 atom stereocenters. The number of ether oxygens (including phenoxy) is 1. The van der Waals surface area contributed by atoms with Crippen LogP contribution in [0.15, 0.2) is 64.1 Å². The van der Waals surface area contributed by atoms with Gasteiger partial charge in [-0.05, 0) is 48.0 Å². The average molecular weight is 431 g/mol. The predicted molar refractivity (Wildman–Crippen MR) is 109 cm³/mol. The molecule has 10 nitrogen and oxygen atoms in total. The number of carboxylic acid groups (broad SMARTS) is 1. The van der Waals surface area contributed by atoms with Gasteiger partial charge in [-0.15, -0.1) is 5.10 Å². The molecule has 0 radical (unpaired) electrons. The largest absolute Gasteiger partial charge is 0.512 e. The first kappa shape index (κ1) is 21.0. The molecule has 30 heavy (non-hydrogen) atoms. The average Bonchev–Trinajstić information content (AvgIpc) is 2.97. The van der Waals surface area contributed by atoms with Crippen molar-refractivity contribution in [1.29, 1.82) is 0 Å².